The smallest absolute Gasteiger partial charge is 0.269 e. The first-order valence-corrected chi connectivity index (χ1v) is 10.8. The van der Waals surface area contributed by atoms with E-state index in [4.69, 9.17) is 0 Å². The topological polar surface area (TPSA) is 61.1 Å². The van der Waals surface area contributed by atoms with Gasteiger partial charge in [-0.2, -0.15) is 5.26 Å². The van der Waals surface area contributed by atoms with Crippen molar-refractivity contribution in [3.05, 3.63) is 88.7 Å². The number of rotatable bonds is 5. The average molecular weight is 413 g/mol. The van der Waals surface area contributed by atoms with Crippen molar-refractivity contribution >= 4 is 5.91 Å². The van der Waals surface area contributed by atoms with E-state index in [-0.39, 0.29) is 11.9 Å². The van der Waals surface area contributed by atoms with Gasteiger partial charge in [0.2, 0.25) is 0 Å². The lowest BCUT2D eigenvalue weighted by Crippen LogP contribution is -2.44. The highest BCUT2D eigenvalue weighted by Gasteiger charge is 2.25. The minimum atomic E-state index is -0.178. The first-order valence-electron chi connectivity index (χ1n) is 10.8. The Morgan fingerprint density at radius 1 is 1.10 bits per heavy atom. The zero-order valence-electron chi connectivity index (χ0n) is 18.1. The number of aryl methyl sites for hydroxylation is 2. The zero-order valence-corrected chi connectivity index (χ0v) is 18.1. The van der Waals surface area contributed by atoms with Gasteiger partial charge in [-0.25, -0.2) is 0 Å². The Labute approximate surface area is 183 Å². The van der Waals surface area contributed by atoms with E-state index in [1.807, 2.05) is 42.8 Å². The molecule has 1 aliphatic heterocycles. The third-order valence-corrected chi connectivity index (χ3v) is 6.01. The molecular formula is C26H28N4O. The van der Waals surface area contributed by atoms with Crippen LogP contribution in [-0.2, 0) is 6.54 Å². The second-order valence-electron chi connectivity index (χ2n) is 8.36. The van der Waals surface area contributed by atoms with Crippen molar-refractivity contribution in [2.24, 2.45) is 0 Å². The van der Waals surface area contributed by atoms with Gasteiger partial charge in [0.25, 0.3) is 5.91 Å². The van der Waals surface area contributed by atoms with E-state index in [9.17, 15) is 10.1 Å². The Hall–Kier alpha value is -3.36. The molecule has 0 spiro atoms. The van der Waals surface area contributed by atoms with Crippen molar-refractivity contribution < 1.29 is 4.79 Å². The number of benzene rings is 2. The fourth-order valence-electron chi connectivity index (χ4n) is 4.36. The van der Waals surface area contributed by atoms with E-state index in [2.05, 4.69) is 46.6 Å². The number of nitriles is 1. The molecule has 1 saturated heterocycles. The highest BCUT2D eigenvalue weighted by atomic mass is 16.2. The molecule has 0 atom stereocenters. The largest absolute Gasteiger partial charge is 0.348 e. The Balaban J connectivity index is 1.45. The van der Waals surface area contributed by atoms with E-state index >= 15 is 0 Å². The van der Waals surface area contributed by atoms with Crippen LogP contribution in [0.3, 0.4) is 0 Å². The van der Waals surface area contributed by atoms with Gasteiger partial charge in [0.15, 0.2) is 0 Å². The molecule has 31 heavy (non-hydrogen) atoms. The van der Waals surface area contributed by atoms with Gasteiger partial charge in [0.1, 0.15) is 11.8 Å². The first-order chi connectivity index (χ1) is 15.0. The van der Waals surface area contributed by atoms with Gasteiger partial charge in [-0.3, -0.25) is 9.69 Å². The predicted molar refractivity (Wildman–Crippen MR) is 122 cm³/mol. The minimum absolute atomic E-state index is 0.119. The first kappa shape index (κ1) is 20.9. The van der Waals surface area contributed by atoms with Crippen molar-refractivity contribution in [3.63, 3.8) is 0 Å². The summed E-state index contributed by atoms with van der Waals surface area (Å²) in [7, 11) is 0. The highest BCUT2D eigenvalue weighted by Crippen LogP contribution is 2.22. The Morgan fingerprint density at radius 2 is 1.84 bits per heavy atom. The molecule has 1 aliphatic rings. The fourth-order valence-corrected chi connectivity index (χ4v) is 4.36. The molecule has 1 amide bonds. The molecule has 0 aliphatic carbocycles. The van der Waals surface area contributed by atoms with Crippen molar-refractivity contribution in [2.75, 3.05) is 13.1 Å². The van der Waals surface area contributed by atoms with Gasteiger partial charge in [-0.15, -0.1) is 0 Å². The number of nitrogens with zero attached hydrogens (tertiary/aromatic N) is 3. The fraction of sp³-hybridized carbons (Fsp3) is 0.308. The quantitative estimate of drug-likeness (QED) is 0.677. The van der Waals surface area contributed by atoms with Gasteiger partial charge < -0.3 is 9.88 Å². The van der Waals surface area contributed by atoms with Crippen molar-refractivity contribution in [3.8, 4) is 11.8 Å². The SMILES string of the molecule is Cc1ccc(-n2ccc(C#N)c2C(=O)NC2CCN(Cc3ccccc3)CC2)c(C)c1. The van der Waals surface area contributed by atoms with Crippen LogP contribution in [-0.4, -0.2) is 34.5 Å². The van der Waals surface area contributed by atoms with Crippen molar-refractivity contribution in [1.29, 1.82) is 5.26 Å². The molecule has 0 radical (unpaired) electrons. The van der Waals surface area contributed by atoms with E-state index in [1.54, 1.807) is 6.07 Å². The molecule has 0 bridgehead atoms. The Morgan fingerprint density at radius 3 is 2.52 bits per heavy atom. The van der Waals surface area contributed by atoms with Crippen LogP contribution >= 0.6 is 0 Å². The molecular weight excluding hydrogens is 384 g/mol. The van der Waals surface area contributed by atoms with Gasteiger partial charge in [0.05, 0.1) is 5.56 Å². The van der Waals surface area contributed by atoms with Crippen molar-refractivity contribution in [2.45, 2.75) is 39.3 Å². The number of likely N-dealkylation sites (tertiary alicyclic amines) is 1. The van der Waals surface area contributed by atoms with Crippen LogP contribution in [0.1, 0.15) is 45.6 Å². The Kier molecular flexibility index (Phi) is 6.20. The predicted octanol–water partition coefficient (Wildman–Crippen LogP) is 4.36. The second-order valence-corrected chi connectivity index (χ2v) is 8.36. The lowest BCUT2D eigenvalue weighted by atomic mass is 10.0. The number of carbonyl (C=O) groups is 1. The molecule has 1 N–H and O–H groups in total. The summed E-state index contributed by atoms with van der Waals surface area (Å²) in [5.41, 5.74) is 5.30. The summed E-state index contributed by atoms with van der Waals surface area (Å²) in [6.07, 6.45) is 3.63. The molecule has 1 aromatic heterocycles. The van der Waals surface area contributed by atoms with Crippen LogP contribution in [0.4, 0.5) is 0 Å². The lowest BCUT2D eigenvalue weighted by molar-refractivity contribution is 0.0902. The summed E-state index contributed by atoms with van der Waals surface area (Å²) in [5, 5.41) is 12.8. The maximum atomic E-state index is 13.2. The Bertz CT molecular complexity index is 1100. The van der Waals surface area contributed by atoms with Crippen LogP contribution in [0.5, 0.6) is 0 Å². The molecule has 3 aromatic rings. The maximum absolute atomic E-state index is 13.2. The summed E-state index contributed by atoms with van der Waals surface area (Å²) in [6.45, 7) is 6.91. The third kappa shape index (κ3) is 4.70. The maximum Gasteiger partial charge on any atom is 0.269 e. The summed E-state index contributed by atoms with van der Waals surface area (Å²) in [6, 6.07) is 20.6. The van der Waals surface area contributed by atoms with Crippen LogP contribution in [0, 0.1) is 25.2 Å². The van der Waals surface area contributed by atoms with E-state index in [1.165, 1.54) is 11.1 Å². The van der Waals surface area contributed by atoms with Crippen LogP contribution in [0.15, 0.2) is 60.8 Å². The normalized spacial score (nSPS) is 14.9. The number of hydrogen-bond donors (Lipinski definition) is 1. The second kappa shape index (κ2) is 9.20. The molecule has 2 aromatic carbocycles. The number of carbonyl (C=O) groups excluding carboxylic acids is 1. The number of amides is 1. The van der Waals surface area contributed by atoms with E-state index in [0.29, 0.717) is 11.3 Å². The zero-order chi connectivity index (χ0) is 21.8. The average Bonchev–Trinajstić information content (AvgIpc) is 3.20. The highest BCUT2D eigenvalue weighted by molar-refractivity contribution is 5.96. The number of nitrogens with one attached hydrogen (secondary N) is 1. The van der Waals surface area contributed by atoms with Crippen LogP contribution in [0.25, 0.3) is 5.69 Å². The van der Waals surface area contributed by atoms with E-state index in [0.717, 1.165) is 43.7 Å². The molecule has 4 rings (SSSR count). The number of aromatic nitrogens is 1. The van der Waals surface area contributed by atoms with E-state index < -0.39 is 0 Å². The van der Waals surface area contributed by atoms with Crippen molar-refractivity contribution in [1.82, 2.24) is 14.8 Å². The molecule has 5 nitrogen and oxygen atoms in total. The molecule has 2 heterocycles. The lowest BCUT2D eigenvalue weighted by Gasteiger charge is -2.32. The van der Waals surface area contributed by atoms with Gasteiger partial charge >= 0.3 is 0 Å². The summed E-state index contributed by atoms with van der Waals surface area (Å²) >= 11 is 0. The van der Waals surface area contributed by atoms with Crippen LogP contribution < -0.4 is 5.32 Å². The number of hydrogen-bond acceptors (Lipinski definition) is 3. The van der Waals surface area contributed by atoms with Gasteiger partial charge in [0, 0.05) is 37.6 Å². The summed E-state index contributed by atoms with van der Waals surface area (Å²) < 4.78 is 1.84. The molecule has 5 heteroatoms. The minimum Gasteiger partial charge on any atom is -0.348 e. The molecule has 0 saturated carbocycles. The summed E-state index contributed by atoms with van der Waals surface area (Å²) in [4.78, 5) is 15.6. The molecule has 158 valence electrons. The third-order valence-electron chi connectivity index (χ3n) is 6.01. The van der Waals surface area contributed by atoms with Gasteiger partial charge in [-0.1, -0.05) is 48.0 Å². The monoisotopic (exact) mass is 412 g/mol. The van der Waals surface area contributed by atoms with Gasteiger partial charge in [-0.05, 0) is 49.9 Å². The van der Waals surface area contributed by atoms with Crippen LogP contribution in [0.2, 0.25) is 0 Å². The standard InChI is InChI=1S/C26H28N4O/c1-19-8-9-24(20(2)16-19)30-15-10-22(17-27)25(30)26(31)28-23-11-13-29(14-12-23)18-21-6-4-3-5-7-21/h3-10,15-16,23H,11-14,18H2,1-2H3,(H,28,31). The molecule has 0 unspecified atom stereocenters. The molecule has 1 fully saturated rings. The number of piperidine rings is 1. The summed E-state index contributed by atoms with van der Waals surface area (Å²) in [5.74, 6) is -0.178.